The van der Waals surface area contributed by atoms with Gasteiger partial charge in [-0.2, -0.15) is 0 Å². The first kappa shape index (κ1) is 18.9. The third-order valence-electron chi connectivity index (χ3n) is 5.76. The van der Waals surface area contributed by atoms with Gasteiger partial charge in [-0.3, -0.25) is 9.59 Å². The maximum Gasteiger partial charge on any atom is 0.259 e. The number of carbonyl (C=O) groups is 2. The van der Waals surface area contributed by atoms with Crippen LogP contribution < -0.4 is 10.2 Å². The van der Waals surface area contributed by atoms with Gasteiger partial charge >= 0.3 is 0 Å². The summed E-state index contributed by atoms with van der Waals surface area (Å²) in [6, 6.07) is 23.1. The number of hydrogen-bond donors (Lipinski definition) is 1. The van der Waals surface area contributed by atoms with Crippen LogP contribution in [0.2, 0.25) is 0 Å². The number of benzene rings is 3. The topological polar surface area (TPSA) is 49.4 Å². The first-order valence-electron chi connectivity index (χ1n) is 10.3. The van der Waals surface area contributed by atoms with Crippen molar-refractivity contribution in [2.24, 2.45) is 0 Å². The van der Waals surface area contributed by atoms with Crippen molar-refractivity contribution in [3.05, 3.63) is 83.9 Å². The molecule has 0 unspecified atom stereocenters. The largest absolute Gasteiger partial charge is 0.322 e. The SMILES string of the molecule is O=C(Nc1ccc2c(c1)Sc1ccccc1C(=O)N2C1CCCC1)c1ccccc1. The summed E-state index contributed by atoms with van der Waals surface area (Å²) < 4.78 is 0. The molecule has 150 valence electrons. The molecule has 1 fully saturated rings. The lowest BCUT2D eigenvalue weighted by molar-refractivity contribution is 0.0972. The molecule has 0 atom stereocenters. The van der Waals surface area contributed by atoms with Gasteiger partial charge < -0.3 is 10.2 Å². The molecule has 30 heavy (non-hydrogen) atoms. The molecular formula is C25H22N2O2S. The van der Waals surface area contributed by atoms with Crippen LogP contribution in [0.1, 0.15) is 46.4 Å². The lowest BCUT2D eigenvalue weighted by Gasteiger charge is -2.29. The summed E-state index contributed by atoms with van der Waals surface area (Å²) in [5.74, 6) is -0.0666. The predicted molar refractivity (Wildman–Crippen MR) is 120 cm³/mol. The minimum Gasteiger partial charge on any atom is -0.322 e. The van der Waals surface area contributed by atoms with Gasteiger partial charge in [0.15, 0.2) is 0 Å². The van der Waals surface area contributed by atoms with Crippen LogP contribution in [-0.2, 0) is 0 Å². The number of nitrogens with zero attached hydrogens (tertiary/aromatic N) is 1. The molecule has 1 heterocycles. The molecule has 4 nitrogen and oxygen atoms in total. The van der Waals surface area contributed by atoms with Crippen molar-refractivity contribution in [2.75, 3.05) is 10.2 Å². The van der Waals surface area contributed by atoms with E-state index in [-0.39, 0.29) is 17.9 Å². The van der Waals surface area contributed by atoms with E-state index >= 15 is 0 Å². The highest BCUT2D eigenvalue weighted by molar-refractivity contribution is 7.99. The number of hydrogen-bond acceptors (Lipinski definition) is 3. The van der Waals surface area contributed by atoms with E-state index in [1.54, 1.807) is 23.9 Å². The fraction of sp³-hybridized carbons (Fsp3) is 0.200. The third kappa shape index (κ3) is 3.50. The minimum absolute atomic E-state index is 0.0739. The normalized spacial score (nSPS) is 16.0. The second-order valence-corrected chi connectivity index (χ2v) is 8.80. The Morgan fingerprint density at radius 3 is 2.43 bits per heavy atom. The molecule has 5 heteroatoms. The van der Waals surface area contributed by atoms with Gasteiger partial charge in [0.1, 0.15) is 0 Å². The number of carbonyl (C=O) groups excluding carboxylic acids is 2. The average molecular weight is 415 g/mol. The predicted octanol–water partition coefficient (Wildman–Crippen LogP) is 5.99. The molecule has 3 aromatic carbocycles. The van der Waals surface area contributed by atoms with Crippen molar-refractivity contribution in [3.8, 4) is 0 Å². The zero-order valence-electron chi connectivity index (χ0n) is 16.5. The van der Waals surface area contributed by atoms with Crippen LogP contribution in [0.15, 0.2) is 82.6 Å². The molecular weight excluding hydrogens is 392 g/mol. The van der Waals surface area contributed by atoms with Crippen LogP contribution >= 0.6 is 11.8 Å². The number of anilines is 2. The average Bonchev–Trinajstić information content (AvgIpc) is 3.27. The van der Waals surface area contributed by atoms with E-state index in [1.165, 1.54) is 0 Å². The highest BCUT2D eigenvalue weighted by Crippen LogP contribution is 2.44. The first-order valence-corrected chi connectivity index (χ1v) is 11.1. The van der Waals surface area contributed by atoms with Crippen LogP contribution in [0.25, 0.3) is 0 Å². The Bertz CT molecular complexity index is 1110. The number of nitrogens with one attached hydrogen (secondary N) is 1. The Labute approximate surface area is 180 Å². The second kappa shape index (κ2) is 8.00. The summed E-state index contributed by atoms with van der Waals surface area (Å²) in [5, 5.41) is 2.99. The van der Waals surface area contributed by atoms with Gasteiger partial charge in [0.25, 0.3) is 11.8 Å². The van der Waals surface area contributed by atoms with Crippen molar-refractivity contribution < 1.29 is 9.59 Å². The molecule has 2 aliphatic rings. The maximum atomic E-state index is 13.5. The summed E-state index contributed by atoms with van der Waals surface area (Å²) in [4.78, 5) is 30.0. The molecule has 1 aliphatic heterocycles. The number of fused-ring (bicyclic) bond motifs is 2. The van der Waals surface area contributed by atoms with E-state index in [2.05, 4.69) is 5.32 Å². The van der Waals surface area contributed by atoms with Crippen LogP contribution in [0.3, 0.4) is 0 Å². The Hall–Kier alpha value is -3.05. The molecule has 0 radical (unpaired) electrons. The van der Waals surface area contributed by atoms with Crippen molar-refractivity contribution >= 4 is 35.0 Å². The summed E-state index contributed by atoms with van der Waals surface area (Å²) >= 11 is 1.59. The van der Waals surface area contributed by atoms with Crippen molar-refractivity contribution in [3.63, 3.8) is 0 Å². The van der Waals surface area contributed by atoms with Crippen LogP contribution in [0.4, 0.5) is 11.4 Å². The molecule has 5 rings (SSSR count). The van der Waals surface area contributed by atoms with Crippen LogP contribution in [-0.4, -0.2) is 17.9 Å². The maximum absolute atomic E-state index is 13.5. The van der Waals surface area contributed by atoms with Gasteiger partial charge in [0, 0.05) is 27.1 Å². The summed E-state index contributed by atoms with van der Waals surface area (Å²) in [7, 11) is 0. The van der Waals surface area contributed by atoms with E-state index in [4.69, 9.17) is 0 Å². The van der Waals surface area contributed by atoms with Gasteiger partial charge in [-0.15, -0.1) is 0 Å². The van der Waals surface area contributed by atoms with E-state index < -0.39 is 0 Å². The number of amides is 2. The fourth-order valence-electron chi connectivity index (χ4n) is 4.28. The highest BCUT2D eigenvalue weighted by Gasteiger charge is 2.34. The van der Waals surface area contributed by atoms with E-state index in [9.17, 15) is 9.59 Å². The molecule has 0 spiro atoms. The molecule has 1 N–H and O–H groups in total. The third-order valence-corrected chi connectivity index (χ3v) is 6.88. The zero-order valence-corrected chi connectivity index (χ0v) is 17.3. The van der Waals surface area contributed by atoms with Gasteiger partial charge in [-0.05, 0) is 55.3 Å². The lowest BCUT2D eigenvalue weighted by atomic mass is 10.1. The molecule has 1 aliphatic carbocycles. The minimum atomic E-state index is -0.140. The van der Waals surface area contributed by atoms with E-state index in [0.29, 0.717) is 5.56 Å². The lowest BCUT2D eigenvalue weighted by Crippen LogP contribution is -2.39. The Kier molecular flexibility index (Phi) is 5.05. The summed E-state index contributed by atoms with van der Waals surface area (Å²) in [6.07, 6.45) is 4.38. The smallest absolute Gasteiger partial charge is 0.259 e. The molecule has 0 aromatic heterocycles. The van der Waals surface area contributed by atoms with Crippen molar-refractivity contribution in [1.29, 1.82) is 0 Å². The second-order valence-electron chi connectivity index (χ2n) is 7.71. The van der Waals surface area contributed by atoms with Crippen LogP contribution in [0, 0.1) is 0 Å². The van der Waals surface area contributed by atoms with Crippen molar-refractivity contribution in [1.82, 2.24) is 0 Å². The first-order chi connectivity index (χ1) is 14.7. The highest BCUT2D eigenvalue weighted by atomic mass is 32.2. The van der Waals surface area contributed by atoms with Gasteiger partial charge in [0.05, 0.1) is 11.3 Å². The molecule has 0 bridgehead atoms. The Balaban J connectivity index is 1.53. The van der Waals surface area contributed by atoms with Crippen LogP contribution in [0.5, 0.6) is 0 Å². The fourth-order valence-corrected chi connectivity index (χ4v) is 5.39. The zero-order chi connectivity index (χ0) is 20.5. The monoisotopic (exact) mass is 414 g/mol. The van der Waals surface area contributed by atoms with E-state index in [0.717, 1.165) is 52.4 Å². The molecule has 3 aromatic rings. The van der Waals surface area contributed by atoms with E-state index in [1.807, 2.05) is 65.6 Å². The quantitative estimate of drug-likeness (QED) is 0.572. The Morgan fingerprint density at radius 1 is 0.900 bits per heavy atom. The van der Waals surface area contributed by atoms with Gasteiger partial charge in [-0.25, -0.2) is 0 Å². The van der Waals surface area contributed by atoms with Crippen molar-refractivity contribution in [2.45, 2.75) is 41.5 Å². The Morgan fingerprint density at radius 2 is 1.63 bits per heavy atom. The number of rotatable bonds is 3. The summed E-state index contributed by atoms with van der Waals surface area (Å²) in [6.45, 7) is 0. The molecule has 2 amide bonds. The molecule has 1 saturated carbocycles. The van der Waals surface area contributed by atoms with Gasteiger partial charge in [0.2, 0.25) is 0 Å². The summed E-state index contributed by atoms with van der Waals surface area (Å²) in [5.41, 5.74) is 3.03. The van der Waals surface area contributed by atoms with Gasteiger partial charge in [-0.1, -0.05) is 54.9 Å². The standard InChI is InChI=1S/C25H22N2O2S/c28-24(17-8-2-1-3-9-17)26-18-14-15-21-23(16-18)30-22-13-7-6-12-20(22)25(29)27(21)19-10-4-5-11-19/h1-3,6-9,12-16,19H,4-5,10-11H2,(H,26,28). The molecule has 0 saturated heterocycles.